The van der Waals surface area contributed by atoms with Crippen molar-refractivity contribution in [3.05, 3.63) is 12.2 Å². The number of aromatic nitrogens is 3. The lowest BCUT2D eigenvalue weighted by Gasteiger charge is -2.33. The summed E-state index contributed by atoms with van der Waals surface area (Å²) in [5, 5.41) is 19.2. The molecule has 2 heterocycles. The van der Waals surface area contributed by atoms with Crippen molar-refractivity contribution in [3.8, 4) is 0 Å². The van der Waals surface area contributed by atoms with Crippen molar-refractivity contribution in [2.45, 2.75) is 19.0 Å². The first kappa shape index (κ1) is 12.5. The van der Waals surface area contributed by atoms with Crippen LogP contribution in [-0.2, 0) is 23.2 Å². The number of rotatable bonds is 4. The van der Waals surface area contributed by atoms with E-state index in [4.69, 9.17) is 5.11 Å². The average molecular weight is 253 g/mol. The topological polar surface area (TPSA) is 100 Å². The number of carbonyl (C=O) groups excluding carboxylic acids is 1. The molecule has 1 amide bonds. The van der Waals surface area contributed by atoms with Crippen molar-refractivity contribution >= 4 is 11.9 Å². The van der Waals surface area contributed by atoms with Crippen LogP contribution in [0.15, 0.2) is 6.33 Å². The number of hydrogen-bond acceptors (Lipinski definition) is 5. The molecule has 18 heavy (non-hydrogen) atoms. The summed E-state index contributed by atoms with van der Waals surface area (Å²) in [6.07, 6.45) is 1.37. The Morgan fingerprint density at radius 2 is 2.44 bits per heavy atom. The smallest absolute Gasteiger partial charge is 0.305 e. The highest BCUT2D eigenvalue weighted by Gasteiger charge is 2.32. The first-order chi connectivity index (χ1) is 8.58. The van der Waals surface area contributed by atoms with Gasteiger partial charge in [0.25, 0.3) is 0 Å². The van der Waals surface area contributed by atoms with E-state index in [1.54, 1.807) is 10.9 Å². The zero-order valence-corrected chi connectivity index (χ0v) is 10.0. The molecule has 8 nitrogen and oxygen atoms in total. The average Bonchev–Trinajstić information content (AvgIpc) is 2.69. The summed E-state index contributed by atoms with van der Waals surface area (Å²) in [5.41, 5.74) is 0. The first-order valence-electron chi connectivity index (χ1n) is 5.64. The Labute approximate surface area is 104 Å². The summed E-state index contributed by atoms with van der Waals surface area (Å²) in [6.45, 7) is 1.55. The van der Waals surface area contributed by atoms with E-state index in [1.807, 2.05) is 11.9 Å². The number of nitrogens with zero attached hydrogens (tertiary/aromatic N) is 4. The maximum atomic E-state index is 11.7. The van der Waals surface area contributed by atoms with Crippen molar-refractivity contribution in [3.63, 3.8) is 0 Å². The Morgan fingerprint density at radius 3 is 3.06 bits per heavy atom. The largest absolute Gasteiger partial charge is 0.481 e. The van der Waals surface area contributed by atoms with Gasteiger partial charge < -0.3 is 15.0 Å². The Balaban J connectivity index is 2.10. The maximum Gasteiger partial charge on any atom is 0.305 e. The Hall–Kier alpha value is -1.96. The first-order valence-corrected chi connectivity index (χ1v) is 5.64. The maximum absolute atomic E-state index is 11.7. The molecule has 1 aliphatic heterocycles. The van der Waals surface area contributed by atoms with E-state index in [0.717, 1.165) is 0 Å². The van der Waals surface area contributed by atoms with Gasteiger partial charge in [0.05, 0.1) is 13.0 Å². The molecule has 1 saturated heterocycles. The van der Waals surface area contributed by atoms with Gasteiger partial charge in [-0.25, -0.2) is 0 Å². The minimum Gasteiger partial charge on any atom is -0.481 e. The molecule has 8 heteroatoms. The summed E-state index contributed by atoms with van der Waals surface area (Å²) >= 11 is 0. The number of carboxylic acids is 1. The van der Waals surface area contributed by atoms with E-state index in [0.29, 0.717) is 25.5 Å². The highest BCUT2D eigenvalue weighted by atomic mass is 16.4. The number of carbonyl (C=O) groups is 2. The fourth-order valence-electron chi connectivity index (χ4n) is 1.97. The van der Waals surface area contributed by atoms with Crippen LogP contribution in [0.3, 0.4) is 0 Å². The molecule has 0 aliphatic carbocycles. The molecule has 0 bridgehead atoms. The van der Waals surface area contributed by atoms with Gasteiger partial charge in [-0.15, -0.1) is 10.2 Å². The van der Waals surface area contributed by atoms with Crippen LogP contribution in [0.25, 0.3) is 0 Å². The molecule has 1 aromatic heterocycles. The third-order valence-corrected chi connectivity index (χ3v) is 2.96. The fraction of sp³-hybridized carbons (Fsp3) is 0.600. The Morgan fingerprint density at radius 1 is 1.67 bits per heavy atom. The molecule has 2 rings (SSSR count). The van der Waals surface area contributed by atoms with Crippen LogP contribution in [0.1, 0.15) is 12.2 Å². The molecule has 0 aromatic carbocycles. The van der Waals surface area contributed by atoms with Crippen LogP contribution in [0.4, 0.5) is 0 Å². The van der Waals surface area contributed by atoms with Gasteiger partial charge in [0.1, 0.15) is 18.2 Å². The molecular formula is C10H15N5O3. The second-order valence-electron chi connectivity index (χ2n) is 4.23. The van der Waals surface area contributed by atoms with Crippen molar-refractivity contribution in [2.24, 2.45) is 7.05 Å². The minimum atomic E-state index is -0.986. The number of carboxylic acid groups (broad SMARTS) is 1. The number of hydrogen-bond donors (Lipinski definition) is 2. The van der Waals surface area contributed by atoms with E-state index < -0.39 is 12.0 Å². The Bertz CT molecular complexity index is 458. The highest BCUT2D eigenvalue weighted by Crippen LogP contribution is 2.12. The summed E-state index contributed by atoms with van der Waals surface area (Å²) in [6, 6.07) is -0.645. The van der Waals surface area contributed by atoms with Crippen LogP contribution in [0, 0.1) is 0 Å². The molecule has 1 atom stereocenters. The molecule has 1 aliphatic rings. The Kier molecular flexibility index (Phi) is 3.56. The second-order valence-corrected chi connectivity index (χ2v) is 4.23. The highest BCUT2D eigenvalue weighted by molar-refractivity contribution is 5.86. The zero-order chi connectivity index (χ0) is 13.1. The number of aryl methyl sites for hydroxylation is 1. The third-order valence-electron chi connectivity index (χ3n) is 2.96. The molecule has 1 aromatic rings. The normalized spacial score (nSPS) is 20.7. The molecule has 1 fully saturated rings. The van der Waals surface area contributed by atoms with Crippen LogP contribution in [0.2, 0.25) is 0 Å². The molecule has 98 valence electrons. The SMILES string of the molecule is Cn1cnnc1CN1CCNC(=O)C1CC(=O)O. The number of aliphatic carboxylic acids is 1. The van der Waals surface area contributed by atoms with Crippen LogP contribution < -0.4 is 5.32 Å². The van der Waals surface area contributed by atoms with Crippen molar-refractivity contribution in [1.82, 2.24) is 25.0 Å². The minimum absolute atomic E-state index is 0.205. The van der Waals surface area contributed by atoms with E-state index in [1.165, 1.54) is 0 Å². The standard InChI is InChI=1S/C10H15N5O3/c1-14-6-12-13-8(14)5-15-3-2-11-10(18)7(15)4-9(16)17/h6-7H,2-5H2,1H3,(H,11,18)(H,16,17). The molecule has 2 N–H and O–H groups in total. The molecule has 0 spiro atoms. The van der Waals surface area contributed by atoms with Crippen LogP contribution in [0.5, 0.6) is 0 Å². The van der Waals surface area contributed by atoms with Gasteiger partial charge in [-0.2, -0.15) is 0 Å². The summed E-state index contributed by atoms with van der Waals surface area (Å²) in [5.74, 6) is -0.522. The van der Waals surface area contributed by atoms with Crippen molar-refractivity contribution < 1.29 is 14.7 Å². The van der Waals surface area contributed by atoms with Gasteiger partial charge in [0, 0.05) is 20.1 Å². The third kappa shape index (κ3) is 2.65. The predicted molar refractivity (Wildman–Crippen MR) is 60.5 cm³/mol. The molecular weight excluding hydrogens is 238 g/mol. The van der Waals surface area contributed by atoms with Gasteiger partial charge >= 0.3 is 5.97 Å². The number of piperazine rings is 1. The fourth-order valence-corrected chi connectivity index (χ4v) is 1.97. The van der Waals surface area contributed by atoms with Gasteiger partial charge in [-0.3, -0.25) is 14.5 Å². The lowest BCUT2D eigenvalue weighted by Crippen LogP contribution is -2.55. The van der Waals surface area contributed by atoms with Gasteiger partial charge in [0.15, 0.2) is 0 Å². The van der Waals surface area contributed by atoms with E-state index in [-0.39, 0.29) is 12.3 Å². The van der Waals surface area contributed by atoms with Gasteiger partial charge in [0.2, 0.25) is 5.91 Å². The molecule has 0 saturated carbocycles. The quantitative estimate of drug-likeness (QED) is 0.684. The predicted octanol–water partition coefficient (Wildman–Crippen LogP) is -1.41. The lowest BCUT2D eigenvalue weighted by molar-refractivity contribution is -0.143. The summed E-state index contributed by atoms with van der Waals surface area (Å²) < 4.78 is 1.75. The second kappa shape index (κ2) is 5.13. The van der Waals surface area contributed by atoms with E-state index in [2.05, 4.69) is 15.5 Å². The van der Waals surface area contributed by atoms with Crippen molar-refractivity contribution in [1.29, 1.82) is 0 Å². The van der Waals surface area contributed by atoms with E-state index in [9.17, 15) is 9.59 Å². The lowest BCUT2D eigenvalue weighted by atomic mass is 10.1. The monoisotopic (exact) mass is 253 g/mol. The number of nitrogens with one attached hydrogen (secondary N) is 1. The van der Waals surface area contributed by atoms with Crippen LogP contribution >= 0.6 is 0 Å². The van der Waals surface area contributed by atoms with Crippen LogP contribution in [-0.4, -0.2) is 55.8 Å². The summed E-state index contributed by atoms with van der Waals surface area (Å²) in [7, 11) is 1.81. The van der Waals surface area contributed by atoms with Crippen molar-refractivity contribution in [2.75, 3.05) is 13.1 Å². The van der Waals surface area contributed by atoms with Gasteiger partial charge in [-0.05, 0) is 0 Å². The zero-order valence-electron chi connectivity index (χ0n) is 10.0. The van der Waals surface area contributed by atoms with E-state index >= 15 is 0 Å². The van der Waals surface area contributed by atoms with Gasteiger partial charge in [-0.1, -0.05) is 0 Å². The number of amides is 1. The summed E-state index contributed by atoms with van der Waals surface area (Å²) in [4.78, 5) is 24.3. The molecule has 1 unspecified atom stereocenters. The molecule has 0 radical (unpaired) electrons.